The zero-order valence-corrected chi connectivity index (χ0v) is 8.67. The van der Waals surface area contributed by atoms with Crippen molar-refractivity contribution in [1.29, 1.82) is 0 Å². The van der Waals surface area contributed by atoms with Gasteiger partial charge in [-0.3, -0.25) is 0 Å². The normalized spacial score (nSPS) is 12.9. The highest BCUT2D eigenvalue weighted by Gasteiger charge is 2.01. The van der Waals surface area contributed by atoms with E-state index in [2.05, 4.69) is 32.0 Å². The Morgan fingerprint density at radius 2 is 2.00 bits per heavy atom. The molecule has 1 aromatic rings. The number of aryl methyl sites for hydroxylation is 3. The van der Waals surface area contributed by atoms with Gasteiger partial charge >= 0.3 is 0 Å². The fourth-order valence-corrected chi connectivity index (χ4v) is 1.43. The maximum atomic E-state index is 9.17. The van der Waals surface area contributed by atoms with E-state index in [9.17, 15) is 5.11 Å². The first-order valence-electron chi connectivity index (χ1n) is 4.84. The van der Waals surface area contributed by atoms with Gasteiger partial charge in [0.2, 0.25) is 0 Å². The average molecular weight is 178 g/mol. The van der Waals surface area contributed by atoms with Crippen LogP contribution in [-0.2, 0) is 6.42 Å². The molecule has 0 amide bonds. The number of aliphatic hydroxyl groups excluding tert-OH is 1. The Kier molecular flexibility index (Phi) is 3.49. The lowest BCUT2D eigenvalue weighted by atomic mass is 10.0. The molecule has 1 N–H and O–H groups in total. The molecule has 0 aliphatic rings. The summed E-state index contributed by atoms with van der Waals surface area (Å²) in [5, 5.41) is 9.17. The van der Waals surface area contributed by atoms with Gasteiger partial charge in [-0.2, -0.15) is 0 Å². The Bertz CT molecular complexity index is 276. The van der Waals surface area contributed by atoms with Crippen LogP contribution in [0, 0.1) is 13.8 Å². The van der Waals surface area contributed by atoms with Crippen LogP contribution in [0.3, 0.4) is 0 Å². The molecule has 0 aliphatic heterocycles. The Hall–Kier alpha value is -0.820. The van der Waals surface area contributed by atoms with Gasteiger partial charge in [0.05, 0.1) is 6.10 Å². The van der Waals surface area contributed by atoms with Crippen LogP contribution < -0.4 is 0 Å². The zero-order valence-electron chi connectivity index (χ0n) is 8.67. The van der Waals surface area contributed by atoms with Gasteiger partial charge in [-0.15, -0.1) is 0 Å². The average Bonchev–Trinajstić information content (AvgIpc) is 2.06. The van der Waals surface area contributed by atoms with E-state index >= 15 is 0 Å². The molecular formula is C12H18O. The van der Waals surface area contributed by atoms with E-state index in [4.69, 9.17) is 0 Å². The summed E-state index contributed by atoms with van der Waals surface area (Å²) in [5.41, 5.74) is 3.98. The molecule has 1 atom stereocenters. The van der Waals surface area contributed by atoms with E-state index in [1.165, 1.54) is 16.7 Å². The van der Waals surface area contributed by atoms with Crippen LogP contribution in [0.25, 0.3) is 0 Å². The van der Waals surface area contributed by atoms with Crippen molar-refractivity contribution in [3.8, 4) is 0 Å². The van der Waals surface area contributed by atoms with E-state index < -0.39 is 0 Å². The lowest BCUT2D eigenvalue weighted by Crippen LogP contribution is -2.02. The topological polar surface area (TPSA) is 20.2 Å². The molecule has 1 rings (SSSR count). The second-order valence-electron chi connectivity index (χ2n) is 3.82. The van der Waals surface area contributed by atoms with Crippen LogP contribution in [-0.4, -0.2) is 11.2 Å². The van der Waals surface area contributed by atoms with E-state index in [0.717, 1.165) is 12.8 Å². The second kappa shape index (κ2) is 4.43. The molecule has 0 heterocycles. The third kappa shape index (κ3) is 3.19. The maximum Gasteiger partial charge on any atom is 0.0515 e. The number of hydrogen-bond acceptors (Lipinski definition) is 1. The van der Waals surface area contributed by atoms with Crippen LogP contribution in [0.5, 0.6) is 0 Å². The second-order valence-corrected chi connectivity index (χ2v) is 3.82. The fourth-order valence-electron chi connectivity index (χ4n) is 1.43. The number of rotatable bonds is 3. The predicted molar refractivity (Wildman–Crippen MR) is 55.9 cm³/mol. The molecule has 0 aliphatic carbocycles. The minimum Gasteiger partial charge on any atom is -0.393 e. The molecule has 13 heavy (non-hydrogen) atoms. The first-order chi connectivity index (χ1) is 6.09. The molecule has 0 saturated carbocycles. The molecule has 0 saturated heterocycles. The van der Waals surface area contributed by atoms with Crippen molar-refractivity contribution in [3.63, 3.8) is 0 Å². The Morgan fingerprint density at radius 3 is 2.62 bits per heavy atom. The Morgan fingerprint density at radius 1 is 1.31 bits per heavy atom. The molecule has 0 spiro atoms. The van der Waals surface area contributed by atoms with Crippen LogP contribution in [0.4, 0.5) is 0 Å². The van der Waals surface area contributed by atoms with Gasteiger partial charge < -0.3 is 5.11 Å². The van der Waals surface area contributed by atoms with E-state index in [-0.39, 0.29) is 6.10 Å². The quantitative estimate of drug-likeness (QED) is 0.754. The predicted octanol–water partition coefficient (Wildman–Crippen LogP) is 2.62. The smallest absolute Gasteiger partial charge is 0.0515 e. The summed E-state index contributed by atoms with van der Waals surface area (Å²) in [6.45, 7) is 6.06. The summed E-state index contributed by atoms with van der Waals surface area (Å²) < 4.78 is 0. The first kappa shape index (κ1) is 10.3. The molecule has 1 aromatic carbocycles. The summed E-state index contributed by atoms with van der Waals surface area (Å²) in [6, 6.07) is 6.48. The van der Waals surface area contributed by atoms with Crippen molar-refractivity contribution in [2.24, 2.45) is 0 Å². The summed E-state index contributed by atoms with van der Waals surface area (Å²) in [7, 11) is 0. The van der Waals surface area contributed by atoms with Gasteiger partial charge in [-0.1, -0.05) is 23.8 Å². The van der Waals surface area contributed by atoms with Gasteiger partial charge in [0.1, 0.15) is 0 Å². The Balaban J connectivity index is 2.70. The lowest BCUT2D eigenvalue weighted by Gasteiger charge is -2.08. The molecule has 1 nitrogen and oxygen atoms in total. The standard InChI is InChI=1S/C12H18O/c1-9-4-5-10(2)12(8-9)7-6-11(3)13/h4-5,8,11,13H,6-7H2,1-3H3/t11-/m1/s1. The molecule has 72 valence electrons. The molecule has 0 bridgehead atoms. The van der Waals surface area contributed by atoms with Crippen LogP contribution in [0.1, 0.15) is 30.0 Å². The maximum absolute atomic E-state index is 9.17. The highest BCUT2D eigenvalue weighted by Crippen LogP contribution is 2.13. The fraction of sp³-hybridized carbons (Fsp3) is 0.500. The monoisotopic (exact) mass is 178 g/mol. The summed E-state index contributed by atoms with van der Waals surface area (Å²) in [5.74, 6) is 0. The highest BCUT2D eigenvalue weighted by molar-refractivity contribution is 5.30. The molecule has 0 aromatic heterocycles. The van der Waals surface area contributed by atoms with Crippen molar-refractivity contribution < 1.29 is 5.11 Å². The van der Waals surface area contributed by atoms with Gasteiger partial charge in [0.15, 0.2) is 0 Å². The number of benzene rings is 1. The summed E-state index contributed by atoms with van der Waals surface area (Å²) in [6.07, 6.45) is 1.63. The van der Waals surface area contributed by atoms with Crippen LogP contribution in [0.2, 0.25) is 0 Å². The van der Waals surface area contributed by atoms with Gasteiger partial charge in [-0.05, 0) is 44.7 Å². The van der Waals surface area contributed by atoms with Crippen molar-refractivity contribution in [1.82, 2.24) is 0 Å². The lowest BCUT2D eigenvalue weighted by molar-refractivity contribution is 0.185. The number of hydrogen-bond donors (Lipinski definition) is 1. The summed E-state index contributed by atoms with van der Waals surface area (Å²) >= 11 is 0. The van der Waals surface area contributed by atoms with E-state index in [1.807, 2.05) is 6.92 Å². The van der Waals surface area contributed by atoms with Crippen molar-refractivity contribution in [3.05, 3.63) is 34.9 Å². The largest absolute Gasteiger partial charge is 0.393 e. The van der Waals surface area contributed by atoms with Crippen molar-refractivity contribution in [2.45, 2.75) is 39.7 Å². The third-order valence-electron chi connectivity index (χ3n) is 2.34. The van der Waals surface area contributed by atoms with Crippen molar-refractivity contribution >= 4 is 0 Å². The molecule has 0 fully saturated rings. The van der Waals surface area contributed by atoms with E-state index in [0.29, 0.717) is 0 Å². The summed E-state index contributed by atoms with van der Waals surface area (Å²) in [4.78, 5) is 0. The minimum absolute atomic E-state index is 0.195. The van der Waals surface area contributed by atoms with Crippen LogP contribution in [0.15, 0.2) is 18.2 Å². The van der Waals surface area contributed by atoms with Gasteiger partial charge in [0.25, 0.3) is 0 Å². The minimum atomic E-state index is -0.195. The molecule has 0 radical (unpaired) electrons. The van der Waals surface area contributed by atoms with Gasteiger partial charge in [0, 0.05) is 0 Å². The molecule has 1 heteroatoms. The Labute approximate surface area is 80.4 Å². The van der Waals surface area contributed by atoms with E-state index in [1.54, 1.807) is 0 Å². The van der Waals surface area contributed by atoms with Crippen molar-refractivity contribution in [2.75, 3.05) is 0 Å². The SMILES string of the molecule is Cc1ccc(C)c(CC[C@@H](C)O)c1. The number of aliphatic hydroxyl groups is 1. The highest BCUT2D eigenvalue weighted by atomic mass is 16.3. The molecule has 0 unspecified atom stereocenters. The van der Waals surface area contributed by atoms with Gasteiger partial charge in [-0.25, -0.2) is 0 Å². The molecular weight excluding hydrogens is 160 g/mol. The third-order valence-corrected chi connectivity index (χ3v) is 2.34. The van der Waals surface area contributed by atoms with Crippen LogP contribution >= 0.6 is 0 Å². The zero-order chi connectivity index (χ0) is 9.84. The first-order valence-corrected chi connectivity index (χ1v) is 4.84.